The summed E-state index contributed by atoms with van der Waals surface area (Å²) in [5, 5.41) is 8.80. The molecule has 1 aromatic carbocycles. The molecule has 1 unspecified atom stereocenters. The lowest BCUT2D eigenvalue weighted by Crippen LogP contribution is -2.02. The summed E-state index contributed by atoms with van der Waals surface area (Å²) in [5.41, 5.74) is 0.225. The summed E-state index contributed by atoms with van der Waals surface area (Å²) in [6.07, 6.45) is 0. The second kappa shape index (κ2) is 4.70. The van der Waals surface area contributed by atoms with Crippen LogP contribution in [0.5, 0.6) is 5.75 Å². The van der Waals surface area contributed by atoms with Crippen LogP contribution in [0.1, 0.15) is 20.7 Å². The molecule has 0 saturated heterocycles. The third-order valence-corrected chi connectivity index (χ3v) is 2.39. The Kier molecular flexibility index (Phi) is 3.83. The lowest BCUT2D eigenvalue weighted by atomic mass is 10.1. The van der Waals surface area contributed by atoms with Gasteiger partial charge in [0.25, 0.3) is 0 Å². The van der Waals surface area contributed by atoms with E-state index in [4.69, 9.17) is 9.63 Å². The normalized spacial score (nSPS) is 9.57. The highest BCUT2D eigenvalue weighted by Gasteiger charge is 2.17. The number of benzene rings is 1. The van der Waals surface area contributed by atoms with Crippen molar-refractivity contribution in [3.8, 4) is 5.75 Å². The van der Waals surface area contributed by atoms with Gasteiger partial charge in [0.15, 0.2) is 0 Å². The minimum atomic E-state index is -1.12. The molecule has 1 aromatic rings. The SMILES string of the molecule is O=C(O)c1cccc(C(=O)I)c1OP. The number of carboxylic acid groups (broad SMARTS) is 1. The van der Waals surface area contributed by atoms with Crippen LogP contribution in [0.25, 0.3) is 0 Å². The molecule has 6 heteroatoms. The van der Waals surface area contributed by atoms with E-state index in [2.05, 4.69) is 0 Å². The molecule has 1 rings (SSSR count). The van der Waals surface area contributed by atoms with Crippen LogP contribution in [0.15, 0.2) is 18.2 Å². The maximum absolute atomic E-state index is 11.1. The van der Waals surface area contributed by atoms with Gasteiger partial charge in [-0.15, -0.1) is 0 Å². The van der Waals surface area contributed by atoms with Crippen molar-refractivity contribution in [3.05, 3.63) is 29.3 Å². The van der Waals surface area contributed by atoms with Gasteiger partial charge in [-0.1, -0.05) is 6.07 Å². The molecule has 0 amide bonds. The number of aromatic carboxylic acids is 1. The zero-order chi connectivity index (χ0) is 10.7. The summed E-state index contributed by atoms with van der Waals surface area (Å²) < 4.78 is 4.55. The molecular weight excluding hydrogens is 318 g/mol. The Bertz CT molecular complexity index is 359. The van der Waals surface area contributed by atoms with Gasteiger partial charge in [-0.2, -0.15) is 0 Å². The van der Waals surface area contributed by atoms with Crippen molar-refractivity contribution in [2.24, 2.45) is 0 Å². The highest BCUT2D eigenvalue weighted by Crippen LogP contribution is 2.27. The summed E-state index contributed by atoms with van der Waals surface area (Å²) in [6.45, 7) is 0. The fraction of sp³-hybridized carbons (Fsp3) is 0. The first-order valence-corrected chi connectivity index (χ1v) is 5.05. The molecule has 14 heavy (non-hydrogen) atoms. The van der Waals surface area contributed by atoms with E-state index in [1.54, 1.807) is 22.6 Å². The third kappa shape index (κ3) is 2.22. The second-order valence-electron chi connectivity index (χ2n) is 2.38. The zero-order valence-electron chi connectivity index (χ0n) is 6.86. The van der Waals surface area contributed by atoms with Crippen LogP contribution in [0.3, 0.4) is 0 Å². The number of halogens is 1. The van der Waals surface area contributed by atoms with Crippen LogP contribution in [-0.2, 0) is 0 Å². The minimum absolute atomic E-state index is 0.0254. The third-order valence-electron chi connectivity index (χ3n) is 1.58. The average molecular weight is 324 g/mol. The molecule has 0 aliphatic heterocycles. The van der Waals surface area contributed by atoms with E-state index < -0.39 is 5.97 Å². The molecule has 0 radical (unpaired) electrons. The van der Waals surface area contributed by atoms with Crippen LogP contribution in [0, 0.1) is 0 Å². The number of rotatable bonds is 3. The highest BCUT2D eigenvalue weighted by atomic mass is 127. The monoisotopic (exact) mass is 324 g/mol. The Morgan fingerprint density at radius 1 is 1.36 bits per heavy atom. The van der Waals surface area contributed by atoms with Crippen molar-refractivity contribution in [1.82, 2.24) is 0 Å². The number of hydrogen-bond donors (Lipinski definition) is 1. The number of carbonyl (C=O) groups excluding carboxylic acids is 1. The number of carboxylic acids is 1. The largest absolute Gasteiger partial charge is 0.479 e. The molecule has 0 aliphatic carbocycles. The van der Waals surface area contributed by atoms with Gasteiger partial charge in [-0.25, -0.2) is 4.79 Å². The zero-order valence-corrected chi connectivity index (χ0v) is 10.2. The summed E-state index contributed by atoms with van der Waals surface area (Å²) in [4.78, 5) is 21.9. The quantitative estimate of drug-likeness (QED) is 0.526. The fourth-order valence-electron chi connectivity index (χ4n) is 0.987. The molecule has 0 aromatic heterocycles. The van der Waals surface area contributed by atoms with E-state index in [1.165, 1.54) is 18.2 Å². The Hall–Kier alpha value is -0.680. The molecule has 1 N–H and O–H groups in total. The molecular formula is C8H6IO4P. The van der Waals surface area contributed by atoms with Crippen LogP contribution in [-0.4, -0.2) is 14.9 Å². The fourth-order valence-corrected chi connectivity index (χ4v) is 1.67. The smallest absolute Gasteiger partial charge is 0.339 e. The Labute approximate surface area is 96.1 Å². The van der Waals surface area contributed by atoms with Crippen molar-refractivity contribution >= 4 is 41.8 Å². The van der Waals surface area contributed by atoms with Crippen LogP contribution >= 0.6 is 32.1 Å². The highest BCUT2D eigenvalue weighted by molar-refractivity contribution is 14.1. The lowest BCUT2D eigenvalue weighted by molar-refractivity contribution is 0.0695. The first-order chi connectivity index (χ1) is 6.57. The first-order valence-electron chi connectivity index (χ1n) is 3.50. The van der Waals surface area contributed by atoms with Crippen molar-refractivity contribution in [1.29, 1.82) is 0 Å². The van der Waals surface area contributed by atoms with Crippen LogP contribution < -0.4 is 4.52 Å². The van der Waals surface area contributed by atoms with E-state index in [1.807, 2.05) is 9.47 Å². The van der Waals surface area contributed by atoms with Gasteiger partial charge < -0.3 is 9.63 Å². The molecule has 0 heterocycles. The van der Waals surface area contributed by atoms with E-state index in [-0.39, 0.29) is 20.7 Å². The van der Waals surface area contributed by atoms with Gasteiger partial charge in [0.1, 0.15) is 11.3 Å². The van der Waals surface area contributed by atoms with Crippen molar-refractivity contribution in [2.75, 3.05) is 0 Å². The van der Waals surface area contributed by atoms with Gasteiger partial charge in [-0.3, -0.25) is 4.79 Å². The number of carbonyl (C=O) groups is 2. The van der Waals surface area contributed by atoms with Crippen molar-refractivity contribution in [3.63, 3.8) is 0 Å². The summed E-state index contributed by atoms with van der Waals surface area (Å²) >= 11 is 1.58. The molecule has 74 valence electrons. The van der Waals surface area contributed by atoms with Gasteiger partial charge in [0.2, 0.25) is 3.79 Å². The first kappa shape index (κ1) is 11.4. The number of hydrogen-bond acceptors (Lipinski definition) is 3. The maximum Gasteiger partial charge on any atom is 0.339 e. The van der Waals surface area contributed by atoms with E-state index in [0.717, 1.165) is 0 Å². The molecule has 1 atom stereocenters. The number of para-hydroxylation sites is 1. The van der Waals surface area contributed by atoms with Crippen LogP contribution in [0.4, 0.5) is 0 Å². The molecule has 0 fully saturated rings. The summed E-state index contributed by atoms with van der Waals surface area (Å²) in [6, 6.07) is 4.40. The van der Waals surface area contributed by atoms with Crippen molar-refractivity contribution < 1.29 is 19.2 Å². The molecule has 0 aliphatic rings. The molecule has 0 spiro atoms. The van der Waals surface area contributed by atoms with E-state index >= 15 is 0 Å². The van der Waals surface area contributed by atoms with Gasteiger partial charge in [-0.05, 0) is 12.1 Å². The predicted molar refractivity (Wildman–Crippen MR) is 62.1 cm³/mol. The average Bonchev–Trinajstić information content (AvgIpc) is 2.16. The van der Waals surface area contributed by atoms with Gasteiger partial charge in [0.05, 0.1) is 15.0 Å². The van der Waals surface area contributed by atoms with E-state index in [0.29, 0.717) is 0 Å². The summed E-state index contributed by atoms with van der Waals surface area (Å²) in [5.74, 6) is -1.05. The van der Waals surface area contributed by atoms with Gasteiger partial charge >= 0.3 is 5.97 Å². The standard InChI is InChI=1S/C8H6IO4P/c9-7(10)4-2-1-3-5(8(11)12)6(4)13-14/h1-3H,14H2,(H,11,12). The van der Waals surface area contributed by atoms with Gasteiger partial charge in [0, 0.05) is 22.6 Å². The van der Waals surface area contributed by atoms with E-state index in [9.17, 15) is 9.59 Å². The Morgan fingerprint density at radius 3 is 2.36 bits per heavy atom. The molecule has 0 bridgehead atoms. The molecule has 0 saturated carbocycles. The minimum Gasteiger partial charge on any atom is -0.479 e. The van der Waals surface area contributed by atoms with Crippen LogP contribution in [0.2, 0.25) is 0 Å². The summed E-state index contributed by atoms with van der Waals surface area (Å²) in [7, 11) is 1.93. The Balaban J connectivity index is 3.39. The maximum atomic E-state index is 11.1. The second-order valence-corrected chi connectivity index (χ2v) is 3.59. The van der Waals surface area contributed by atoms with Crippen molar-refractivity contribution in [2.45, 2.75) is 0 Å². The predicted octanol–water partition coefficient (Wildman–Crippen LogP) is 2.13. The Morgan fingerprint density at radius 2 is 1.93 bits per heavy atom. The molecule has 4 nitrogen and oxygen atoms in total. The topological polar surface area (TPSA) is 63.6 Å². The lowest BCUT2D eigenvalue weighted by Gasteiger charge is -2.07.